The Morgan fingerprint density at radius 1 is 1.33 bits per heavy atom. The molecule has 0 aliphatic carbocycles. The first-order chi connectivity index (χ1) is 8.69. The van der Waals surface area contributed by atoms with Crippen molar-refractivity contribution >= 4 is 11.4 Å². The van der Waals surface area contributed by atoms with Gasteiger partial charge in [0.1, 0.15) is 5.75 Å². The largest absolute Gasteiger partial charge is 0.497 e. The number of nitrogens with zero attached hydrogens (tertiary/aromatic N) is 1. The fourth-order valence-electron chi connectivity index (χ4n) is 1.74. The summed E-state index contributed by atoms with van der Waals surface area (Å²) in [6.07, 6.45) is 3.65. The average Bonchev–Trinajstić information content (AvgIpc) is 2.37. The van der Waals surface area contributed by atoms with E-state index in [0.717, 1.165) is 18.0 Å². The molecule has 4 nitrogen and oxygen atoms in total. The van der Waals surface area contributed by atoms with Gasteiger partial charge in [-0.25, -0.2) is 0 Å². The van der Waals surface area contributed by atoms with Gasteiger partial charge in [0, 0.05) is 42.4 Å². The van der Waals surface area contributed by atoms with E-state index in [-0.39, 0.29) is 0 Å². The second-order valence-corrected chi connectivity index (χ2v) is 4.15. The van der Waals surface area contributed by atoms with Gasteiger partial charge in [0.05, 0.1) is 7.11 Å². The molecule has 0 atom stereocenters. The van der Waals surface area contributed by atoms with Crippen molar-refractivity contribution in [3.63, 3.8) is 0 Å². The lowest BCUT2D eigenvalue weighted by Crippen LogP contribution is -2.02. The number of hydrogen-bond donors (Lipinski definition) is 2. The lowest BCUT2D eigenvalue weighted by atomic mass is 10.1. The summed E-state index contributed by atoms with van der Waals surface area (Å²) in [5.41, 5.74) is 9.82. The molecule has 1 heterocycles. The van der Waals surface area contributed by atoms with Crippen LogP contribution < -0.4 is 15.8 Å². The van der Waals surface area contributed by atoms with Crippen molar-refractivity contribution in [3.05, 3.63) is 47.8 Å². The summed E-state index contributed by atoms with van der Waals surface area (Å²) in [6, 6.07) is 7.61. The predicted molar refractivity (Wildman–Crippen MR) is 73.7 cm³/mol. The molecule has 0 saturated heterocycles. The smallest absolute Gasteiger partial charge is 0.122 e. The number of anilines is 2. The summed E-state index contributed by atoms with van der Waals surface area (Å²) in [5.74, 6) is 0.754. The van der Waals surface area contributed by atoms with E-state index in [0.29, 0.717) is 5.69 Å². The van der Waals surface area contributed by atoms with Gasteiger partial charge in [-0.3, -0.25) is 4.98 Å². The van der Waals surface area contributed by atoms with Gasteiger partial charge >= 0.3 is 0 Å². The number of ether oxygens (including phenoxy) is 1. The van der Waals surface area contributed by atoms with Crippen LogP contribution in [0.2, 0.25) is 0 Å². The molecule has 0 fully saturated rings. The normalized spacial score (nSPS) is 10.1. The van der Waals surface area contributed by atoms with Crippen LogP contribution in [-0.2, 0) is 6.54 Å². The highest BCUT2D eigenvalue weighted by Gasteiger charge is 2.01. The van der Waals surface area contributed by atoms with Crippen molar-refractivity contribution in [2.45, 2.75) is 13.5 Å². The maximum absolute atomic E-state index is 5.80. The molecule has 0 bridgehead atoms. The average molecular weight is 243 g/mol. The molecule has 94 valence electrons. The molecular formula is C14H17N3O. The van der Waals surface area contributed by atoms with Crippen molar-refractivity contribution in [3.8, 4) is 5.75 Å². The Balaban J connectivity index is 2.11. The maximum Gasteiger partial charge on any atom is 0.122 e. The fraction of sp³-hybridized carbons (Fsp3) is 0.214. The van der Waals surface area contributed by atoms with E-state index < -0.39 is 0 Å². The van der Waals surface area contributed by atoms with Crippen LogP contribution in [0.3, 0.4) is 0 Å². The highest BCUT2D eigenvalue weighted by atomic mass is 16.5. The number of hydrogen-bond acceptors (Lipinski definition) is 4. The Kier molecular flexibility index (Phi) is 3.67. The first-order valence-electron chi connectivity index (χ1n) is 5.77. The number of nitrogens with two attached hydrogens (primary N) is 1. The summed E-state index contributed by atoms with van der Waals surface area (Å²) >= 11 is 0. The molecule has 3 N–H and O–H groups in total. The summed E-state index contributed by atoms with van der Waals surface area (Å²) < 4.78 is 5.18. The third-order valence-electron chi connectivity index (χ3n) is 2.78. The van der Waals surface area contributed by atoms with Gasteiger partial charge in [-0.15, -0.1) is 0 Å². The maximum atomic E-state index is 5.80. The number of nitrogens with one attached hydrogen (secondary N) is 1. The van der Waals surface area contributed by atoms with E-state index in [9.17, 15) is 0 Å². The van der Waals surface area contributed by atoms with Crippen LogP contribution in [-0.4, -0.2) is 12.1 Å². The summed E-state index contributed by atoms with van der Waals surface area (Å²) in [7, 11) is 1.63. The Bertz CT molecular complexity index is 540. The van der Waals surface area contributed by atoms with Crippen LogP contribution >= 0.6 is 0 Å². The van der Waals surface area contributed by atoms with Crippen LogP contribution in [0.4, 0.5) is 11.4 Å². The fourth-order valence-corrected chi connectivity index (χ4v) is 1.74. The number of aromatic nitrogens is 1. The van der Waals surface area contributed by atoms with Crippen molar-refractivity contribution in [1.82, 2.24) is 4.98 Å². The van der Waals surface area contributed by atoms with Crippen LogP contribution in [0.25, 0.3) is 0 Å². The van der Waals surface area contributed by atoms with Crippen LogP contribution in [0.1, 0.15) is 11.1 Å². The SMILES string of the molecule is COc1cc(N)cc(NCc2ccncc2C)c1. The molecule has 0 aliphatic heterocycles. The van der Waals surface area contributed by atoms with Gasteiger partial charge in [0.2, 0.25) is 0 Å². The lowest BCUT2D eigenvalue weighted by Gasteiger charge is -2.10. The third kappa shape index (κ3) is 2.91. The quantitative estimate of drug-likeness (QED) is 0.810. The van der Waals surface area contributed by atoms with Gasteiger partial charge in [0.25, 0.3) is 0 Å². The number of methoxy groups -OCH3 is 1. The van der Waals surface area contributed by atoms with Gasteiger partial charge in [-0.2, -0.15) is 0 Å². The second-order valence-electron chi connectivity index (χ2n) is 4.15. The number of benzene rings is 1. The van der Waals surface area contributed by atoms with Gasteiger partial charge in [-0.1, -0.05) is 0 Å². The summed E-state index contributed by atoms with van der Waals surface area (Å²) in [4.78, 5) is 4.07. The monoisotopic (exact) mass is 243 g/mol. The first-order valence-corrected chi connectivity index (χ1v) is 5.77. The van der Waals surface area contributed by atoms with E-state index in [2.05, 4.69) is 10.3 Å². The van der Waals surface area contributed by atoms with Gasteiger partial charge in [0.15, 0.2) is 0 Å². The first kappa shape index (κ1) is 12.2. The van der Waals surface area contributed by atoms with Crippen molar-refractivity contribution in [1.29, 1.82) is 0 Å². The summed E-state index contributed by atoms with van der Waals surface area (Å²) in [6.45, 7) is 2.78. The molecule has 18 heavy (non-hydrogen) atoms. The van der Waals surface area contributed by atoms with E-state index in [1.165, 1.54) is 11.1 Å². The Morgan fingerprint density at radius 2 is 2.17 bits per heavy atom. The minimum atomic E-state index is 0.684. The van der Waals surface area contributed by atoms with Crippen LogP contribution in [0.5, 0.6) is 5.75 Å². The minimum absolute atomic E-state index is 0.684. The molecule has 1 aromatic carbocycles. The third-order valence-corrected chi connectivity index (χ3v) is 2.78. The van der Waals surface area contributed by atoms with E-state index >= 15 is 0 Å². The van der Waals surface area contributed by atoms with Gasteiger partial charge in [-0.05, 0) is 30.2 Å². The zero-order valence-corrected chi connectivity index (χ0v) is 10.6. The van der Waals surface area contributed by atoms with Gasteiger partial charge < -0.3 is 15.8 Å². The molecule has 0 aliphatic rings. The zero-order valence-electron chi connectivity index (χ0n) is 10.6. The van der Waals surface area contributed by atoms with E-state index in [1.807, 2.05) is 31.3 Å². The number of rotatable bonds is 4. The topological polar surface area (TPSA) is 60.2 Å². The lowest BCUT2D eigenvalue weighted by molar-refractivity contribution is 0.415. The molecule has 4 heteroatoms. The molecule has 0 unspecified atom stereocenters. The van der Waals surface area contributed by atoms with E-state index in [4.69, 9.17) is 10.5 Å². The molecule has 2 aromatic rings. The standard InChI is InChI=1S/C14H17N3O/c1-10-8-16-4-3-11(10)9-17-13-5-12(15)6-14(7-13)18-2/h3-8,17H,9,15H2,1-2H3. The molecule has 2 rings (SSSR count). The number of nitrogen functional groups attached to an aromatic ring is 1. The summed E-state index contributed by atoms with van der Waals surface area (Å²) in [5, 5.41) is 3.33. The highest BCUT2D eigenvalue weighted by molar-refractivity contribution is 5.59. The minimum Gasteiger partial charge on any atom is -0.497 e. The Labute approximate surface area is 107 Å². The number of aryl methyl sites for hydroxylation is 1. The van der Waals surface area contributed by atoms with Crippen molar-refractivity contribution in [2.24, 2.45) is 0 Å². The molecular weight excluding hydrogens is 226 g/mol. The van der Waals surface area contributed by atoms with Crippen LogP contribution in [0.15, 0.2) is 36.7 Å². The zero-order chi connectivity index (χ0) is 13.0. The van der Waals surface area contributed by atoms with Crippen molar-refractivity contribution in [2.75, 3.05) is 18.2 Å². The molecule has 0 amide bonds. The molecule has 0 spiro atoms. The Hall–Kier alpha value is -2.23. The van der Waals surface area contributed by atoms with E-state index in [1.54, 1.807) is 19.4 Å². The molecule has 0 saturated carbocycles. The predicted octanol–water partition coefficient (Wildman–Crippen LogP) is 2.59. The Morgan fingerprint density at radius 3 is 2.89 bits per heavy atom. The van der Waals surface area contributed by atoms with Crippen LogP contribution in [0, 0.1) is 6.92 Å². The highest BCUT2D eigenvalue weighted by Crippen LogP contribution is 2.22. The van der Waals surface area contributed by atoms with Crippen molar-refractivity contribution < 1.29 is 4.74 Å². The molecule has 1 aromatic heterocycles. The number of pyridine rings is 1. The molecule has 0 radical (unpaired) electrons. The second kappa shape index (κ2) is 5.40.